The maximum Gasteiger partial charge on any atom is 0.243 e. The van der Waals surface area contributed by atoms with Crippen molar-refractivity contribution in [2.24, 2.45) is 0 Å². The summed E-state index contributed by atoms with van der Waals surface area (Å²) >= 11 is 5.82. The maximum absolute atomic E-state index is 13.3. The molecule has 0 aliphatic heterocycles. The molecule has 0 aromatic heterocycles. The molecule has 0 fully saturated rings. The lowest BCUT2D eigenvalue weighted by molar-refractivity contribution is -0.114. The number of carbonyl (C=O) groups is 1. The molecule has 0 radical (unpaired) electrons. The number of amides is 1. The highest BCUT2D eigenvalue weighted by Crippen LogP contribution is 2.15. The first kappa shape index (κ1) is 13.4. The standard InChI is InChI=1S/C14H12ClFN2O/c15-10-4-3-5-11(8-10)17-9-14(19)18-13-7-2-1-6-12(13)16/h1-8,17H,9H2,(H,18,19). The summed E-state index contributed by atoms with van der Waals surface area (Å²) in [6.45, 7) is 0.0364. The van der Waals surface area contributed by atoms with E-state index in [1.165, 1.54) is 12.1 Å². The molecule has 5 heteroatoms. The van der Waals surface area contributed by atoms with Gasteiger partial charge in [-0.3, -0.25) is 4.79 Å². The van der Waals surface area contributed by atoms with Gasteiger partial charge in [-0.05, 0) is 30.3 Å². The van der Waals surface area contributed by atoms with Gasteiger partial charge in [0, 0.05) is 10.7 Å². The lowest BCUT2D eigenvalue weighted by Gasteiger charge is -2.08. The van der Waals surface area contributed by atoms with Crippen molar-refractivity contribution in [3.63, 3.8) is 0 Å². The molecule has 2 rings (SSSR count). The van der Waals surface area contributed by atoms with Crippen molar-refractivity contribution in [1.82, 2.24) is 0 Å². The molecule has 0 aliphatic carbocycles. The van der Waals surface area contributed by atoms with Crippen LogP contribution in [0.2, 0.25) is 5.02 Å². The number of hydrogen-bond acceptors (Lipinski definition) is 2. The van der Waals surface area contributed by atoms with Gasteiger partial charge in [0.05, 0.1) is 12.2 Å². The monoisotopic (exact) mass is 278 g/mol. The Morgan fingerprint density at radius 3 is 2.68 bits per heavy atom. The Kier molecular flexibility index (Phi) is 4.36. The summed E-state index contributed by atoms with van der Waals surface area (Å²) in [5, 5.41) is 5.97. The predicted molar refractivity (Wildman–Crippen MR) is 75.0 cm³/mol. The second-order valence-corrected chi connectivity index (χ2v) is 4.33. The second-order valence-electron chi connectivity index (χ2n) is 3.89. The van der Waals surface area contributed by atoms with Crippen LogP contribution in [0.3, 0.4) is 0 Å². The molecule has 0 saturated carbocycles. The number of halogens is 2. The van der Waals surface area contributed by atoms with E-state index < -0.39 is 5.82 Å². The summed E-state index contributed by atoms with van der Waals surface area (Å²) in [7, 11) is 0. The number of nitrogens with one attached hydrogen (secondary N) is 2. The number of carbonyl (C=O) groups excluding carboxylic acids is 1. The van der Waals surface area contributed by atoms with Gasteiger partial charge in [0.25, 0.3) is 0 Å². The molecule has 0 bridgehead atoms. The third kappa shape index (κ3) is 3.96. The lowest BCUT2D eigenvalue weighted by Crippen LogP contribution is -2.22. The largest absolute Gasteiger partial charge is 0.376 e. The minimum absolute atomic E-state index is 0.0364. The Balaban J connectivity index is 1.90. The Morgan fingerprint density at radius 1 is 1.16 bits per heavy atom. The number of hydrogen-bond donors (Lipinski definition) is 2. The molecule has 0 aliphatic rings. The van der Waals surface area contributed by atoms with Crippen molar-refractivity contribution in [1.29, 1.82) is 0 Å². The van der Waals surface area contributed by atoms with Gasteiger partial charge in [0.15, 0.2) is 0 Å². The van der Waals surface area contributed by atoms with Gasteiger partial charge in [-0.2, -0.15) is 0 Å². The van der Waals surface area contributed by atoms with Crippen LogP contribution in [0.4, 0.5) is 15.8 Å². The van der Waals surface area contributed by atoms with Crippen LogP contribution in [0.25, 0.3) is 0 Å². The van der Waals surface area contributed by atoms with Crippen molar-refractivity contribution < 1.29 is 9.18 Å². The minimum atomic E-state index is -0.460. The maximum atomic E-state index is 13.3. The zero-order valence-electron chi connectivity index (χ0n) is 9.99. The predicted octanol–water partition coefficient (Wildman–Crippen LogP) is 3.53. The summed E-state index contributed by atoms with van der Waals surface area (Å²) in [4.78, 5) is 11.6. The van der Waals surface area contributed by atoms with E-state index in [0.717, 1.165) is 5.69 Å². The molecule has 0 atom stereocenters. The van der Waals surface area contributed by atoms with Gasteiger partial charge < -0.3 is 10.6 Å². The van der Waals surface area contributed by atoms with Crippen LogP contribution in [0.1, 0.15) is 0 Å². The molecule has 3 nitrogen and oxygen atoms in total. The fraction of sp³-hybridized carbons (Fsp3) is 0.0714. The smallest absolute Gasteiger partial charge is 0.243 e. The highest BCUT2D eigenvalue weighted by Gasteiger charge is 2.05. The van der Waals surface area contributed by atoms with Crippen LogP contribution >= 0.6 is 11.6 Å². The highest BCUT2D eigenvalue weighted by molar-refractivity contribution is 6.30. The van der Waals surface area contributed by atoms with Crippen molar-refractivity contribution in [2.75, 3.05) is 17.2 Å². The van der Waals surface area contributed by atoms with Crippen LogP contribution in [-0.2, 0) is 4.79 Å². The van der Waals surface area contributed by atoms with E-state index in [1.807, 2.05) is 0 Å². The van der Waals surface area contributed by atoms with E-state index in [4.69, 9.17) is 11.6 Å². The highest BCUT2D eigenvalue weighted by atomic mass is 35.5. The third-order valence-electron chi connectivity index (χ3n) is 2.43. The van der Waals surface area contributed by atoms with Crippen molar-refractivity contribution >= 4 is 28.9 Å². The van der Waals surface area contributed by atoms with Gasteiger partial charge >= 0.3 is 0 Å². The van der Waals surface area contributed by atoms with Crippen LogP contribution in [0, 0.1) is 5.82 Å². The molecule has 2 aromatic carbocycles. The molecule has 19 heavy (non-hydrogen) atoms. The van der Waals surface area contributed by atoms with Crippen molar-refractivity contribution in [3.8, 4) is 0 Å². The van der Waals surface area contributed by atoms with Gasteiger partial charge in [0.1, 0.15) is 5.82 Å². The molecule has 0 saturated heterocycles. The zero-order valence-corrected chi connectivity index (χ0v) is 10.7. The molecule has 0 spiro atoms. The minimum Gasteiger partial charge on any atom is -0.376 e. The van der Waals surface area contributed by atoms with Crippen LogP contribution in [-0.4, -0.2) is 12.5 Å². The SMILES string of the molecule is O=C(CNc1cccc(Cl)c1)Nc1ccccc1F. The Labute approximate surface area is 115 Å². The second kappa shape index (κ2) is 6.20. The first-order valence-electron chi connectivity index (χ1n) is 5.69. The lowest BCUT2D eigenvalue weighted by atomic mass is 10.3. The molecular formula is C14H12ClFN2O. The van der Waals surface area contributed by atoms with Crippen molar-refractivity contribution in [2.45, 2.75) is 0 Å². The average molecular weight is 279 g/mol. The first-order valence-corrected chi connectivity index (χ1v) is 6.07. The first-order chi connectivity index (χ1) is 9.15. The molecule has 0 unspecified atom stereocenters. The van der Waals surface area contributed by atoms with Gasteiger partial charge in [-0.15, -0.1) is 0 Å². The third-order valence-corrected chi connectivity index (χ3v) is 2.66. The number of anilines is 2. The summed E-state index contributed by atoms with van der Waals surface area (Å²) in [5.41, 5.74) is 0.900. The van der Waals surface area contributed by atoms with Crippen LogP contribution in [0.5, 0.6) is 0 Å². The van der Waals surface area contributed by atoms with Crippen LogP contribution < -0.4 is 10.6 Å². The summed E-state index contributed by atoms with van der Waals surface area (Å²) in [6.07, 6.45) is 0. The summed E-state index contributed by atoms with van der Waals surface area (Å²) in [6, 6.07) is 13.0. The van der Waals surface area contributed by atoms with E-state index in [0.29, 0.717) is 5.02 Å². The normalized spacial score (nSPS) is 10.0. The molecule has 2 aromatic rings. The topological polar surface area (TPSA) is 41.1 Å². The zero-order chi connectivity index (χ0) is 13.7. The summed E-state index contributed by atoms with van der Waals surface area (Å²) < 4.78 is 13.3. The van der Waals surface area contributed by atoms with E-state index in [2.05, 4.69) is 10.6 Å². The van der Waals surface area contributed by atoms with E-state index in [-0.39, 0.29) is 18.1 Å². The van der Waals surface area contributed by atoms with E-state index >= 15 is 0 Å². The van der Waals surface area contributed by atoms with Gasteiger partial charge in [-0.1, -0.05) is 29.8 Å². The molecule has 1 amide bonds. The number of para-hydroxylation sites is 1. The van der Waals surface area contributed by atoms with Crippen LogP contribution in [0.15, 0.2) is 48.5 Å². The molecule has 2 N–H and O–H groups in total. The number of benzene rings is 2. The molecule has 0 heterocycles. The Hall–Kier alpha value is -2.07. The molecular weight excluding hydrogens is 267 g/mol. The summed E-state index contributed by atoms with van der Waals surface area (Å²) in [5.74, 6) is -0.788. The molecule has 98 valence electrons. The Morgan fingerprint density at radius 2 is 1.95 bits per heavy atom. The van der Waals surface area contributed by atoms with Gasteiger partial charge in [-0.25, -0.2) is 4.39 Å². The number of rotatable bonds is 4. The van der Waals surface area contributed by atoms with E-state index in [9.17, 15) is 9.18 Å². The quantitative estimate of drug-likeness (QED) is 0.898. The van der Waals surface area contributed by atoms with Gasteiger partial charge in [0.2, 0.25) is 5.91 Å². The fourth-order valence-electron chi connectivity index (χ4n) is 1.54. The average Bonchev–Trinajstić information content (AvgIpc) is 2.39. The Bertz CT molecular complexity index is 589. The van der Waals surface area contributed by atoms with E-state index in [1.54, 1.807) is 36.4 Å². The fourth-order valence-corrected chi connectivity index (χ4v) is 1.73. The van der Waals surface area contributed by atoms with Crippen molar-refractivity contribution in [3.05, 3.63) is 59.4 Å².